The molecule has 59 heavy (non-hydrogen) atoms. The van der Waals surface area contributed by atoms with E-state index in [1.165, 1.54) is 26.4 Å². The quantitative estimate of drug-likeness (QED) is 0.0325. The summed E-state index contributed by atoms with van der Waals surface area (Å²) in [6.07, 6.45) is 6.39. The van der Waals surface area contributed by atoms with E-state index in [1.54, 1.807) is 6.07 Å². The van der Waals surface area contributed by atoms with Gasteiger partial charge >= 0.3 is 115 Å². The second-order valence-corrected chi connectivity index (χ2v) is 17.0. The molecule has 0 amide bonds. The van der Waals surface area contributed by atoms with E-state index in [-0.39, 0.29) is 132 Å². The molecule has 0 saturated carbocycles. The summed E-state index contributed by atoms with van der Waals surface area (Å²) in [7, 11) is -1.99. The van der Waals surface area contributed by atoms with Crippen LogP contribution < -0.4 is 113 Å². The fourth-order valence-electron chi connectivity index (χ4n) is 7.51. The van der Waals surface area contributed by atoms with Gasteiger partial charge in [0.1, 0.15) is 10.1 Å². The van der Waals surface area contributed by atoms with Crippen LogP contribution in [0.15, 0.2) is 119 Å². The second kappa shape index (κ2) is 21.0. The monoisotopic (exact) mass is 889 g/mol. The van der Waals surface area contributed by atoms with Crippen LogP contribution in [0.4, 0.5) is 11.4 Å². The number of benzene rings is 4. The van der Waals surface area contributed by atoms with E-state index in [9.17, 15) is 27.8 Å². The van der Waals surface area contributed by atoms with Crippen LogP contribution in [0.5, 0.6) is 0 Å². The zero-order chi connectivity index (χ0) is 41.1. The van der Waals surface area contributed by atoms with Crippen molar-refractivity contribution in [2.45, 2.75) is 74.2 Å². The summed E-state index contributed by atoms with van der Waals surface area (Å²) in [6, 6.07) is 25.8. The molecule has 0 saturated heterocycles. The average Bonchev–Trinajstić information content (AvgIpc) is 3.52. The molecule has 2 heterocycles. The van der Waals surface area contributed by atoms with Crippen LogP contribution in [0.2, 0.25) is 0 Å². The minimum atomic E-state index is -4.70. The number of ether oxygens (including phenoxy) is 2. The van der Waals surface area contributed by atoms with Crippen LogP contribution in [0.1, 0.15) is 61.1 Å². The van der Waals surface area contributed by atoms with Crippen molar-refractivity contribution < 1.29 is 154 Å². The number of rotatable bonds is 14. The van der Waals surface area contributed by atoms with Gasteiger partial charge < -0.3 is 24.2 Å². The van der Waals surface area contributed by atoms with Gasteiger partial charge in [0.15, 0.2) is 12.3 Å². The number of carbonyl (C=O) groups excluding carboxylic acids is 2. The molecule has 0 bridgehead atoms. The Morgan fingerprint density at radius 2 is 1.36 bits per heavy atom. The van der Waals surface area contributed by atoms with Crippen LogP contribution in [0.3, 0.4) is 0 Å². The molecule has 2 aliphatic rings. The van der Waals surface area contributed by atoms with E-state index >= 15 is 0 Å². The molecule has 0 spiro atoms. The first kappa shape index (κ1) is 49.8. The van der Waals surface area contributed by atoms with Gasteiger partial charge in [-0.3, -0.25) is 14.6 Å². The van der Waals surface area contributed by atoms with Crippen LogP contribution in [-0.4, -0.2) is 49.4 Å². The van der Waals surface area contributed by atoms with E-state index in [2.05, 4.69) is 38.8 Å². The van der Waals surface area contributed by atoms with Gasteiger partial charge in [0.05, 0.1) is 49.4 Å². The fraction of sp³-hybridized carbons (Fsp3) is 0.279. The van der Waals surface area contributed by atoms with Crippen molar-refractivity contribution in [2.75, 3.05) is 19.1 Å². The van der Waals surface area contributed by atoms with Crippen LogP contribution >= 0.6 is 12.0 Å². The van der Waals surface area contributed by atoms with Gasteiger partial charge in [0, 0.05) is 51.5 Å². The minimum absolute atomic E-state index is 0. The van der Waals surface area contributed by atoms with Crippen molar-refractivity contribution in [3.63, 3.8) is 0 Å². The third-order valence-corrected chi connectivity index (χ3v) is 12.0. The molecule has 2 aliphatic heterocycles. The smallest absolute Gasteiger partial charge is 0.744 e. The molecule has 12 nitrogen and oxygen atoms in total. The molecule has 4 aromatic carbocycles. The first-order valence-corrected chi connectivity index (χ1v) is 20.2. The van der Waals surface area contributed by atoms with Gasteiger partial charge in [-0.15, -0.1) is 0 Å². The summed E-state index contributed by atoms with van der Waals surface area (Å²) >= 11 is 0.827. The van der Waals surface area contributed by atoms with E-state index in [0.29, 0.717) is 23.5 Å². The predicted octanol–water partition coefficient (Wildman–Crippen LogP) is 0.275. The number of methoxy groups -OCH3 is 2. The topological polar surface area (TPSA) is 158 Å². The number of fused-ring (bicyclic) bond motifs is 2. The first-order valence-electron chi connectivity index (χ1n) is 18.1. The van der Waals surface area contributed by atoms with Gasteiger partial charge in [0.25, 0.3) is 0 Å². The molecule has 0 aliphatic carbocycles. The maximum atomic E-state index is 12.1. The average molecular weight is 890 g/mol. The first-order chi connectivity index (χ1) is 27.1. The number of anilines is 1. The van der Waals surface area contributed by atoms with Crippen molar-refractivity contribution >= 4 is 51.2 Å². The van der Waals surface area contributed by atoms with Gasteiger partial charge in [-0.2, -0.15) is 8.91 Å². The van der Waals surface area contributed by atoms with Crippen molar-refractivity contribution in [3.05, 3.63) is 142 Å². The van der Waals surface area contributed by atoms with E-state index in [0.717, 1.165) is 62.6 Å². The molecule has 0 atom stereocenters. The summed E-state index contributed by atoms with van der Waals surface area (Å²) in [5.41, 5.74) is 7.72. The molecule has 0 aromatic heterocycles. The number of esters is 2. The van der Waals surface area contributed by atoms with Gasteiger partial charge in [-0.05, 0) is 72.5 Å². The number of allylic oxidation sites excluding steroid dienone is 4. The molecule has 0 radical (unpaired) electrons. The van der Waals surface area contributed by atoms with Crippen LogP contribution in [0.25, 0.3) is 0 Å². The molecule has 6 rings (SSSR count). The molecular weight excluding hydrogens is 847 g/mol. The minimum Gasteiger partial charge on any atom is -0.744 e. The molecule has 0 unspecified atom stereocenters. The van der Waals surface area contributed by atoms with Crippen molar-refractivity contribution in [2.24, 2.45) is 0 Å². The van der Waals surface area contributed by atoms with Crippen molar-refractivity contribution in [1.82, 2.24) is 0 Å². The Balaban J connectivity index is 0.00000384. The zero-order valence-corrected chi connectivity index (χ0v) is 42.3. The maximum Gasteiger partial charge on any atom is 1.00 e. The maximum absolute atomic E-state index is 12.1. The number of carbonyl (C=O) groups is 2. The Morgan fingerprint density at radius 3 is 1.92 bits per heavy atom. The normalized spacial score (nSPS) is 15.7. The standard InChI is InChI=1S/C43H44N2O10S2.2K/c1-42(2)34-24-32(56-55-54-48)18-20-36(34)44(26-30-14-10-28(11-15-30)22-40(46)52-5)38(42)8-7-9-39-43(3,4)35-25-33(57(49,50)51)19-21-37(35)45(39)27-31-16-12-29(13-17-31)23-41(47)53-6;;/h7-21,24-25H,22-23,26-27H2,1-6H3,(H-,48,49,50,51);;/q;2*+1/p-1. The second-order valence-electron chi connectivity index (χ2n) is 14.9. The predicted molar refractivity (Wildman–Crippen MR) is 211 cm³/mol. The fourth-order valence-corrected chi connectivity index (χ4v) is 8.40. The Bertz CT molecular complexity index is 2400. The van der Waals surface area contributed by atoms with E-state index < -0.39 is 20.9 Å². The third kappa shape index (κ3) is 11.4. The Hall–Kier alpha value is -1.82. The third-order valence-electron chi connectivity index (χ3n) is 10.6. The molecule has 298 valence electrons. The summed E-state index contributed by atoms with van der Waals surface area (Å²) < 4.78 is 52.9. The van der Waals surface area contributed by atoms with Crippen molar-refractivity contribution in [1.29, 1.82) is 0 Å². The van der Waals surface area contributed by atoms with Gasteiger partial charge in [0.2, 0.25) is 5.69 Å². The van der Waals surface area contributed by atoms with Gasteiger partial charge in [-0.1, -0.05) is 68.5 Å². The number of hydrogen-bond donors (Lipinski definition) is 0. The summed E-state index contributed by atoms with van der Waals surface area (Å²) in [4.78, 5) is 26.3. The Morgan fingerprint density at radius 1 is 0.780 bits per heavy atom. The summed E-state index contributed by atoms with van der Waals surface area (Å²) in [5.74, 6) is -0.649. The SMILES string of the molecule is COC(=O)Cc1ccc(CN2/C(=C/C=C/C3=[N+](Cc4ccc(CC(=O)OC)cc4)c4ccc(SOO[O-])cc4C3(C)C)C(C)(C)c3cc(S(=O)(=O)[O-])ccc32)cc1.[K+].[K+]. The molecule has 0 fully saturated rings. The van der Waals surface area contributed by atoms with Crippen LogP contribution in [0, 0.1) is 0 Å². The van der Waals surface area contributed by atoms with E-state index in [4.69, 9.17) is 9.47 Å². The van der Waals surface area contributed by atoms with Crippen molar-refractivity contribution in [3.8, 4) is 0 Å². The number of hydrogen-bond acceptors (Lipinski definition) is 12. The zero-order valence-electron chi connectivity index (χ0n) is 34.4. The largest absolute Gasteiger partial charge is 1.00 e. The van der Waals surface area contributed by atoms with E-state index in [1.807, 2.05) is 92.7 Å². The molecular formula is C43H43K2N2O10S2+. The number of nitrogens with zero attached hydrogens (tertiary/aromatic N) is 2. The Kier molecular flexibility index (Phi) is 17.8. The molecule has 0 N–H and O–H groups in total. The molecule has 16 heteroatoms. The summed E-state index contributed by atoms with van der Waals surface area (Å²) in [6.45, 7) is 9.18. The summed E-state index contributed by atoms with van der Waals surface area (Å²) in [5, 5.41) is 14.2. The Labute approximate surface area is 434 Å². The molecule has 4 aromatic rings. The van der Waals surface area contributed by atoms with Crippen LogP contribution in [-0.2, 0) is 75.3 Å². The van der Waals surface area contributed by atoms with Gasteiger partial charge in [-0.25, -0.2) is 8.42 Å².